The minimum absolute atomic E-state index is 0.00548. The van der Waals surface area contributed by atoms with Crippen LogP contribution in [0.1, 0.15) is 27.2 Å². The van der Waals surface area contributed by atoms with Crippen molar-refractivity contribution in [3.63, 3.8) is 0 Å². The van der Waals surface area contributed by atoms with E-state index in [0.717, 1.165) is 44.5 Å². The summed E-state index contributed by atoms with van der Waals surface area (Å²) in [5.74, 6) is -1.77. The molecule has 1 aliphatic heterocycles. The predicted octanol–water partition coefficient (Wildman–Crippen LogP) is 4.93. The second kappa shape index (κ2) is 8.61. The molecule has 2 heterocycles. The van der Waals surface area contributed by atoms with Gasteiger partial charge in [0.05, 0.1) is 0 Å². The summed E-state index contributed by atoms with van der Waals surface area (Å²) < 4.78 is 45.0. The van der Waals surface area contributed by atoms with Gasteiger partial charge < -0.3 is 9.62 Å². The molecule has 1 N–H and O–H groups in total. The van der Waals surface area contributed by atoms with Gasteiger partial charge in [0.1, 0.15) is 22.3 Å². The third kappa shape index (κ3) is 4.38. The Morgan fingerprint density at radius 1 is 1.18 bits per heavy atom. The summed E-state index contributed by atoms with van der Waals surface area (Å²) in [5.41, 5.74) is 0.535. The van der Waals surface area contributed by atoms with Gasteiger partial charge in [-0.15, -0.1) is 0 Å². The zero-order valence-corrected chi connectivity index (χ0v) is 17.1. The van der Waals surface area contributed by atoms with Crippen molar-refractivity contribution in [3.8, 4) is 0 Å². The summed E-state index contributed by atoms with van der Waals surface area (Å²) in [7, 11) is 0. The van der Waals surface area contributed by atoms with Gasteiger partial charge in [-0.05, 0) is 62.6 Å². The molecule has 0 saturated carbocycles. The highest BCUT2D eigenvalue weighted by atomic mass is 32.2. The molecule has 1 aromatic heterocycles. The van der Waals surface area contributed by atoms with Crippen LogP contribution in [0.15, 0.2) is 35.2 Å². The average Bonchev–Trinajstić information content (AvgIpc) is 3.05. The van der Waals surface area contributed by atoms with Crippen LogP contribution in [0, 0.1) is 17.6 Å². The van der Waals surface area contributed by atoms with Crippen LogP contribution in [0.4, 0.5) is 24.7 Å². The number of halogens is 3. The zero-order chi connectivity index (χ0) is 20.3. The standard InChI is InChI=1S/C20H25F3N4S/c1-4-27(5-2)20(3)9-10-26(13-20)14-11-15(21)19(16(22)12-14)28-25-18-8-6-7-17(23)24-18/h6-8,11-12H,4-5,9-10,13H2,1-3H3,(H,24,25)/t20-/m1/s1. The molecule has 0 radical (unpaired) electrons. The Kier molecular flexibility index (Phi) is 6.40. The minimum Gasteiger partial charge on any atom is -0.369 e. The first kappa shape index (κ1) is 20.8. The molecule has 0 unspecified atom stereocenters. The fourth-order valence-corrected chi connectivity index (χ4v) is 4.44. The van der Waals surface area contributed by atoms with E-state index in [1.807, 2.05) is 4.90 Å². The molecule has 1 fully saturated rings. The Balaban J connectivity index is 1.73. The first-order chi connectivity index (χ1) is 13.4. The maximum Gasteiger partial charge on any atom is 0.214 e. The summed E-state index contributed by atoms with van der Waals surface area (Å²) in [6.07, 6.45) is 0.946. The largest absolute Gasteiger partial charge is 0.369 e. The van der Waals surface area contributed by atoms with Gasteiger partial charge in [-0.25, -0.2) is 13.8 Å². The molecule has 152 valence electrons. The summed E-state index contributed by atoms with van der Waals surface area (Å²) >= 11 is 0.743. The van der Waals surface area contributed by atoms with Crippen molar-refractivity contribution in [2.45, 2.75) is 37.6 Å². The van der Waals surface area contributed by atoms with Crippen molar-refractivity contribution < 1.29 is 13.2 Å². The molecule has 1 saturated heterocycles. The smallest absolute Gasteiger partial charge is 0.214 e. The lowest BCUT2D eigenvalue weighted by Gasteiger charge is -2.37. The van der Waals surface area contributed by atoms with E-state index in [4.69, 9.17) is 0 Å². The molecule has 2 aromatic rings. The topological polar surface area (TPSA) is 31.4 Å². The lowest BCUT2D eigenvalue weighted by Crippen LogP contribution is -2.48. The molecule has 0 bridgehead atoms. The normalized spacial score (nSPS) is 19.5. The number of likely N-dealkylation sites (N-methyl/N-ethyl adjacent to an activating group) is 1. The summed E-state index contributed by atoms with van der Waals surface area (Å²) in [6.45, 7) is 9.83. The Morgan fingerprint density at radius 3 is 2.46 bits per heavy atom. The van der Waals surface area contributed by atoms with E-state index in [-0.39, 0.29) is 16.3 Å². The van der Waals surface area contributed by atoms with Gasteiger partial charge in [-0.3, -0.25) is 4.90 Å². The third-order valence-electron chi connectivity index (χ3n) is 5.30. The molecule has 0 spiro atoms. The zero-order valence-electron chi connectivity index (χ0n) is 16.3. The highest BCUT2D eigenvalue weighted by molar-refractivity contribution is 8.00. The van der Waals surface area contributed by atoms with E-state index < -0.39 is 17.6 Å². The van der Waals surface area contributed by atoms with E-state index in [1.165, 1.54) is 30.3 Å². The van der Waals surface area contributed by atoms with Crippen molar-refractivity contribution in [1.82, 2.24) is 9.88 Å². The number of aromatic nitrogens is 1. The van der Waals surface area contributed by atoms with Crippen molar-refractivity contribution in [3.05, 3.63) is 47.9 Å². The summed E-state index contributed by atoms with van der Waals surface area (Å²) in [4.78, 5) is 7.87. The highest BCUT2D eigenvalue weighted by Crippen LogP contribution is 2.35. The molecule has 1 atom stereocenters. The monoisotopic (exact) mass is 410 g/mol. The van der Waals surface area contributed by atoms with Crippen LogP contribution in [-0.4, -0.2) is 41.6 Å². The quantitative estimate of drug-likeness (QED) is 0.517. The van der Waals surface area contributed by atoms with Crippen molar-refractivity contribution in [1.29, 1.82) is 0 Å². The lowest BCUT2D eigenvalue weighted by atomic mass is 9.99. The van der Waals surface area contributed by atoms with Gasteiger partial charge >= 0.3 is 0 Å². The first-order valence-electron chi connectivity index (χ1n) is 9.40. The molecule has 1 aromatic carbocycles. The van der Waals surface area contributed by atoms with Crippen LogP contribution in [0.25, 0.3) is 0 Å². The average molecular weight is 411 g/mol. The van der Waals surface area contributed by atoms with Gasteiger partial charge in [0.2, 0.25) is 5.95 Å². The predicted molar refractivity (Wildman–Crippen MR) is 108 cm³/mol. The van der Waals surface area contributed by atoms with Crippen LogP contribution in [0.3, 0.4) is 0 Å². The molecular weight excluding hydrogens is 385 g/mol. The lowest BCUT2D eigenvalue weighted by molar-refractivity contribution is 0.137. The van der Waals surface area contributed by atoms with Crippen LogP contribution >= 0.6 is 11.9 Å². The van der Waals surface area contributed by atoms with Gasteiger partial charge in [0.15, 0.2) is 0 Å². The number of pyridine rings is 1. The number of nitrogens with zero attached hydrogens (tertiary/aromatic N) is 3. The Hall–Kier alpha value is -1.93. The summed E-state index contributed by atoms with van der Waals surface area (Å²) in [5, 5.41) is 0. The number of nitrogens with one attached hydrogen (secondary N) is 1. The molecule has 28 heavy (non-hydrogen) atoms. The highest BCUT2D eigenvalue weighted by Gasteiger charge is 2.38. The first-order valence-corrected chi connectivity index (χ1v) is 10.2. The maximum atomic E-state index is 14.6. The Labute approximate surface area is 168 Å². The van der Waals surface area contributed by atoms with E-state index in [2.05, 4.69) is 35.4 Å². The van der Waals surface area contributed by atoms with Gasteiger partial charge in [0, 0.05) is 24.3 Å². The second-order valence-electron chi connectivity index (χ2n) is 7.13. The van der Waals surface area contributed by atoms with Crippen LogP contribution in [-0.2, 0) is 0 Å². The van der Waals surface area contributed by atoms with Gasteiger partial charge in [-0.2, -0.15) is 4.39 Å². The molecule has 1 aliphatic rings. The van der Waals surface area contributed by atoms with Crippen LogP contribution in [0.5, 0.6) is 0 Å². The Bertz CT molecular complexity index is 808. The van der Waals surface area contributed by atoms with Crippen molar-refractivity contribution >= 4 is 23.5 Å². The molecule has 8 heteroatoms. The van der Waals surface area contributed by atoms with Crippen molar-refractivity contribution in [2.24, 2.45) is 0 Å². The van der Waals surface area contributed by atoms with Gasteiger partial charge in [0.25, 0.3) is 0 Å². The fourth-order valence-electron chi connectivity index (χ4n) is 3.81. The molecular formula is C20H25F3N4S. The maximum absolute atomic E-state index is 14.6. The molecule has 0 amide bonds. The fraction of sp³-hybridized carbons (Fsp3) is 0.450. The van der Waals surface area contributed by atoms with Gasteiger partial charge in [-0.1, -0.05) is 19.9 Å². The number of hydrogen-bond donors (Lipinski definition) is 1. The van der Waals surface area contributed by atoms with E-state index >= 15 is 0 Å². The number of anilines is 2. The number of hydrogen-bond acceptors (Lipinski definition) is 5. The molecule has 4 nitrogen and oxygen atoms in total. The third-order valence-corrected chi connectivity index (χ3v) is 6.20. The summed E-state index contributed by atoms with van der Waals surface area (Å²) in [6, 6.07) is 6.92. The molecule has 3 rings (SSSR count). The number of rotatable bonds is 7. The van der Waals surface area contributed by atoms with Crippen LogP contribution < -0.4 is 9.62 Å². The SMILES string of the molecule is CCN(CC)[C@]1(C)CCN(c2cc(F)c(SNc3cccc(F)n3)c(F)c2)C1. The minimum atomic E-state index is -0.660. The van der Waals surface area contributed by atoms with E-state index in [9.17, 15) is 13.2 Å². The van der Waals surface area contributed by atoms with Crippen LogP contribution in [0.2, 0.25) is 0 Å². The second-order valence-corrected chi connectivity index (χ2v) is 7.95. The van der Waals surface area contributed by atoms with E-state index in [0.29, 0.717) is 5.69 Å². The Morgan fingerprint density at radius 2 is 1.86 bits per heavy atom. The molecule has 0 aliphatic carbocycles. The van der Waals surface area contributed by atoms with Crippen molar-refractivity contribution in [2.75, 3.05) is 35.8 Å². The number of benzene rings is 1. The van der Waals surface area contributed by atoms with E-state index in [1.54, 1.807) is 0 Å².